The number of aromatic nitrogens is 5. The summed E-state index contributed by atoms with van der Waals surface area (Å²) in [5.74, 6) is 1.54. The SMILES string of the molecule is CC1Cn2c(-c3cnn(C)c3)cnc2C(Nc2ccc(Cl)nc2)=N1. The summed E-state index contributed by atoms with van der Waals surface area (Å²) in [7, 11) is 1.90. The van der Waals surface area contributed by atoms with E-state index < -0.39 is 0 Å². The van der Waals surface area contributed by atoms with Crippen molar-refractivity contribution in [2.24, 2.45) is 12.0 Å². The molecule has 0 radical (unpaired) electrons. The second kappa shape index (κ2) is 5.76. The zero-order valence-electron chi connectivity index (χ0n) is 13.3. The highest BCUT2D eigenvalue weighted by Crippen LogP contribution is 2.24. The maximum atomic E-state index is 5.84. The van der Waals surface area contributed by atoms with E-state index in [0.29, 0.717) is 5.15 Å². The van der Waals surface area contributed by atoms with E-state index in [1.165, 1.54) is 0 Å². The maximum Gasteiger partial charge on any atom is 0.176 e. The lowest BCUT2D eigenvalue weighted by molar-refractivity contribution is 0.574. The van der Waals surface area contributed by atoms with Gasteiger partial charge in [0.05, 0.1) is 36.0 Å². The topological polar surface area (TPSA) is 72.9 Å². The molecule has 0 saturated heterocycles. The molecule has 1 aliphatic heterocycles. The van der Waals surface area contributed by atoms with Gasteiger partial charge >= 0.3 is 0 Å². The summed E-state index contributed by atoms with van der Waals surface area (Å²) in [5.41, 5.74) is 2.90. The Morgan fingerprint density at radius 2 is 2.08 bits per heavy atom. The van der Waals surface area contributed by atoms with Gasteiger partial charge in [0.1, 0.15) is 5.15 Å². The number of hydrogen-bond donors (Lipinski definition) is 1. The van der Waals surface area contributed by atoms with Gasteiger partial charge in [-0.25, -0.2) is 9.97 Å². The van der Waals surface area contributed by atoms with Crippen LogP contribution in [0.2, 0.25) is 5.15 Å². The van der Waals surface area contributed by atoms with Crippen molar-refractivity contribution in [3.63, 3.8) is 0 Å². The smallest absolute Gasteiger partial charge is 0.176 e. The van der Waals surface area contributed by atoms with Crippen molar-refractivity contribution in [3.05, 3.63) is 47.9 Å². The Kier molecular flexibility index (Phi) is 3.57. The first-order valence-electron chi connectivity index (χ1n) is 7.61. The van der Waals surface area contributed by atoms with Crippen molar-refractivity contribution in [2.45, 2.75) is 19.5 Å². The van der Waals surface area contributed by atoms with Crippen LogP contribution in [-0.2, 0) is 13.6 Å². The average molecular weight is 342 g/mol. The fraction of sp³-hybridized carbons (Fsp3) is 0.250. The molecular weight excluding hydrogens is 326 g/mol. The first kappa shape index (κ1) is 14.9. The third-order valence-corrected chi connectivity index (χ3v) is 4.08. The van der Waals surface area contributed by atoms with Gasteiger partial charge in [0.2, 0.25) is 0 Å². The maximum absolute atomic E-state index is 5.84. The van der Waals surface area contributed by atoms with E-state index >= 15 is 0 Å². The summed E-state index contributed by atoms with van der Waals surface area (Å²) in [5, 5.41) is 7.99. The summed E-state index contributed by atoms with van der Waals surface area (Å²) in [4.78, 5) is 13.3. The first-order valence-corrected chi connectivity index (χ1v) is 7.99. The summed E-state index contributed by atoms with van der Waals surface area (Å²) in [6, 6.07) is 3.75. The van der Waals surface area contributed by atoms with Gasteiger partial charge in [-0.15, -0.1) is 0 Å². The van der Waals surface area contributed by atoms with Crippen LogP contribution in [0.4, 0.5) is 5.69 Å². The molecule has 0 spiro atoms. The van der Waals surface area contributed by atoms with Crippen LogP contribution in [0.3, 0.4) is 0 Å². The number of halogens is 1. The standard InChI is InChI=1S/C16H16ClN7/c1-10-8-24-13(11-5-20-23(2)9-11)7-19-16(24)15(21-10)22-12-3-4-14(17)18-6-12/h3-7,9-10H,8H2,1-2H3,(H,21,22). The van der Waals surface area contributed by atoms with Gasteiger partial charge in [-0.3, -0.25) is 9.67 Å². The van der Waals surface area contributed by atoms with Gasteiger partial charge in [0.25, 0.3) is 0 Å². The third-order valence-electron chi connectivity index (χ3n) is 3.85. The number of fused-ring (bicyclic) bond motifs is 1. The van der Waals surface area contributed by atoms with Crippen molar-refractivity contribution in [3.8, 4) is 11.3 Å². The minimum absolute atomic E-state index is 0.143. The van der Waals surface area contributed by atoms with Crippen molar-refractivity contribution in [1.29, 1.82) is 0 Å². The predicted octanol–water partition coefficient (Wildman–Crippen LogP) is 2.59. The highest BCUT2D eigenvalue weighted by molar-refractivity contribution is 6.29. The number of anilines is 1. The van der Waals surface area contributed by atoms with E-state index in [4.69, 9.17) is 16.6 Å². The molecule has 0 bridgehead atoms. The lowest BCUT2D eigenvalue weighted by Crippen LogP contribution is -2.29. The number of nitrogens with one attached hydrogen (secondary N) is 1. The van der Waals surface area contributed by atoms with E-state index in [1.54, 1.807) is 16.9 Å². The highest BCUT2D eigenvalue weighted by Gasteiger charge is 2.23. The quantitative estimate of drug-likeness (QED) is 0.727. The largest absolute Gasteiger partial charge is 0.336 e. The number of pyridine rings is 1. The van der Waals surface area contributed by atoms with E-state index in [1.807, 2.05) is 31.7 Å². The molecule has 0 fully saturated rings. The van der Waals surface area contributed by atoms with Gasteiger partial charge in [0.15, 0.2) is 11.7 Å². The molecular formula is C16H16ClN7. The van der Waals surface area contributed by atoms with E-state index in [-0.39, 0.29) is 6.04 Å². The normalized spacial score (nSPS) is 16.6. The van der Waals surface area contributed by atoms with Crippen LogP contribution >= 0.6 is 11.6 Å². The van der Waals surface area contributed by atoms with Crippen molar-refractivity contribution in [1.82, 2.24) is 24.3 Å². The number of amidine groups is 1. The molecule has 0 amide bonds. The predicted molar refractivity (Wildman–Crippen MR) is 93.3 cm³/mol. The zero-order chi connectivity index (χ0) is 16.7. The third kappa shape index (κ3) is 2.67. The van der Waals surface area contributed by atoms with Gasteiger partial charge in [-0.2, -0.15) is 5.10 Å². The molecule has 3 aromatic rings. The minimum atomic E-state index is 0.143. The summed E-state index contributed by atoms with van der Waals surface area (Å²) in [6.45, 7) is 2.86. The Morgan fingerprint density at radius 3 is 2.79 bits per heavy atom. The number of rotatable bonds is 2. The van der Waals surface area contributed by atoms with E-state index in [0.717, 1.165) is 35.1 Å². The van der Waals surface area contributed by atoms with Crippen LogP contribution in [0, 0.1) is 0 Å². The highest BCUT2D eigenvalue weighted by atomic mass is 35.5. The molecule has 1 N–H and O–H groups in total. The van der Waals surface area contributed by atoms with E-state index in [9.17, 15) is 0 Å². The van der Waals surface area contributed by atoms with Crippen LogP contribution in [-0.4, -0.2) is 36.2 Å². The van der Waals surface area contributed by atoms with Crippen molar-refractivity contribution < 1.29 is 0 Å². The van der Waals surface area contributed by atoms with Crippen LogP contribution in [0.25, 0.3) is 11.3 Å². The summed E-state index contributed by atoms with van der Waals surface area (Å²) in [6.07, 6.45) is 7.37. The Balaban J connectivity index is 1.71. The van der Waals surface area contributed by atoms with E-state index in [2.05, 4.69) is 31.9 Å². The lowest BCUT2D eigenvalue weighted by Gasteiger charge is -2.22. The minimum Gasteiger partial charge on any atom is -0.336 e. The van der Waals surface area contributed by atoms with Gasteiger partial charge in [-0.1, -0.05) is 11.6 Å². The Bertz CT molecular complexity index is 907. The van der Waals surface area contributed by atoms with Crippen LogP contribution in [0.15, 0.2) is 41.9 Å². The van der Waals surface area contributed by atoms with Gasteiger partial charge in [-0.05, 0) is 19.1 Å². The molecule has 4 rings (SSSR count). The Morgan fingerprint density at radius 1 is 1.21 bits per heavy atom. The molecule has 4 heterocycles. The molecule has 0 saturated carbocycles. The number of aliphatic imine (C=N–C) groups is 1. The fourth-order valence-electron chi connectivity index (χ4n) is 2.79. The monoisotopic (exact) mass is 341 g/mol. The number of hydrogen-bond acceptors (Lipinski definition) is 5. The summed E-state index contributed by atoms with van der Waals surface area (Å²) >= 11 is 5.84. The molecule has 1 aliphatic rings. The summed E-state index contributed by atoms with van der Waals surface area (Å²) < 4.78 is 3.95. The van der Waals surface area contributed by atoms with Crippen LogP contribution in [0.1, 0.15) is 12.7 Å². The second-order valence-electron chi connectivity index (χ2n) is 5.80. The zero-order valence-corrected chi connectivity index (χ0v) is 14.1. The van der Waals surface area contributed by atoms with Gasteiger partial charge in [0, 0.05) is 25.4 Å². The van der Waals surface area contributed by atoms with Crippen molar-refractivity contribution in [2.75, 3.05) is 5.32 Å². The molecule has 0 aromatic carbocycles. The number of aryl methyl sites for hydroxylation is 1. The van der Waals surface area contributed by atoms with Crippen LogP contribution < -0.4 is 5.32 Å². The number of imidazole rings is 1. The molecule has 1 unspecified atom stereocenters. The molecule has 0 aliphatic carbocycles. The lowest BCUT2D eigenvalue weighted by atomic mass is 10.2. The Labute approximate surface area is 144 Å². The number of nitrogens with zero attached hydrogens (tertiary/aromatic N) is 6. The Hall–Kier alpha value is -2.67. The average Bonchev–Trinajstić information content (AvgIpc) is 3.15. The molecule has 7 nitrogen and oxygen atoms in total. The molecule has 1 atom stereocenters. The molecule has 3 aromatic heterocycles. The fourth-order valence-corrected chi connectivity index (χ4v) is 2.90. The van der Waals surface area contributed by atoms with Crippen LogP contribution in [0.5, 0.6) is 0 Å². The second-order valence-corrected chi connectivity index (χ2v) is 6.19. The molecule has 122 valence electrons. The van der Waals surface area contributed by atoms with Gasteiger partial charge < -0.3 is 9.88 Å². The van der Waals surface area contributed by atoms with Crippen molar-refractivity contribution >= 4 is 23.1 Å². The first-order chi connectivity index (χ1) is 11.6. The molecule has 24 heavy (non-hydrogen) atoms. The molecule has 8 heteroatoms.